The zero-order valence-electron chi connectivity index (χ0n) is 15.5. The molecule has 0 radical (unpaired) electrons. The molecule has 6 heteroatoms. The molecule has 1 aromatic carbocycles. The lowest BCUT2D eigenvalue weighted by atomic mass is 9.83. The SMILES string of the molecule is NC(=O)C(CCc1cccnc1)(NCCc1ccncc1)c1cccc(F)c1. The van der Waals surface area contributed by atoms with Gasteiger partial charge in [0, 0.05) is 31.3 Å². The van der Waals surface area contributed by atoms with Crippen LogP contribution in [0.2, 0.25) is 0 Å². The second-order valence-electron chi connectivity index (χ2n) is 6.67. The number of carbonyl (C=O) groups is 1. The Morgan fingerprint density at radius 1 is 1.00 bits per heavy atom. The molecule has 5 nitrogen and oxygen atoms in total. The van der Waals surface area contributed by atoms with Crippen molar-refractivity contribution in [2.45, 2.75) is 24.8 Å². The molecule has 1 atom stereocenters. The zero-order valence-corrected chi connectivity index (χ0v) is 15.5. The number of primary amides is 1. The lowest BCUT2D eigenvalue weighted by Gasteiger charge is -2.33. The Bertz CT molecular complexity index is 905. The molecule has 28 heavy (non-hydrogen) atoms. The van der Waals surface area contributed by atoms with E-state index in [1.54, 1.807) is 36.9 Å². The first-order valence-corrected chi connectivity index (χ1v) is 9.19. The van der Waals surface area contributed by atoms with E-state index in [-0.39, 0.29) is 0 Å². The minimum absolute atomic E-state index is 0.397. The Morgan fingerprint density at radius 3 is 2.50 bits per heavy atom. The standard InChI is InChI=1S/C22H23FN4O/c23-20-5-1-4-19(15-20)22(21(24)28,10-6-18-3-2-11-26-16-18)27-14-9-17-7-12-25-13-8-17/h1-5,7-8,11-13,15-16,27H,6,9-10,14H2,(H2,24,28). The Hall–Kier alpha value is -3.12. The molecule has 3 rings (SSSR count). The Kier molecular flexibility index (Phi) is 6.45. The van der Waals surface area contributed by atoms with Crippen molar-refractivity contribution in [3.05, 3.63) is 95.8 Å². The molecular weight excluding hydrogens is 355 g/mol. The maximum absolute atomic E-state index is 13.9. The van der Waals surface area contributed by atoms with Gasteiger partial charge in [0.05, 0.1) is 0 Å². The van der Waals surface area contributed by atoms with Crippen LogP contribution in [-0.4, -0.2) is 22.4 Å². The van der Waals surface area contributed by atoms with Crippen LogP contribution in [0, 0.1) is 5.82 Å². The average Bonchev–Trinajstić information content (AvgIpc) is 2.72. The average molecular weight is 378 g/mol. The maximum Gasteiger partial charge on any atom is 0.242 e. The number of pyridine rings is 2. The van der Waals surface area contributed by atoms with Gasteiger partial charge >= 0.3 is 0 Å². The topological polar surface area (TPSA) is 80.9 Å². The van der Waals surface area contributed by atoms with E-state index < -0.39 is 17.3 Å². The molecule has 144 valence electrons. The van der Waals surface area contributed by atoms with Crippen LogP contribution >= 0.6 is 0 Å². The molecule has 0 spiro atoms. The molecule has 1 unspecified atom stereocenters. The molecule has 2 heterocycles. The summed E-state index contributed by atoms with van der Waals surface area (Å²) in [5, 5.41) is 3.31. The van der Waals surface area contributed by atoms with Gasteiger partial charge in [0.1, 0.15) is 11.4 Å². The number of carbonyl (C=O) groups excluding carboxylic acids is 1. The van der Waals surface area contributed by atoms with Crippen molar-refractivity contribution in [2.24, 2.45) is 5.73 Å². The van der Waals surface area contributed by atoms with Crippen LogP contribution in [0.3, 0.4) is 0 Å². The number of nitrogens with zero attached hydrogens (tertiary/aromatic N) is 2. The summed E-state index contributed by atoms with van der Waals surface area (Å²) in [6.07, 6.45) is 8.58. The molecule has 0 aliphatic rings. The normalized spacial score (nSPS) is 13.0. The molecule has 0 aliphatic heterocycles. The van der Waals surface area contributed by atoms with Gasteiger partial charge in [-0.3, -0.25) is 20.1 Å². The summed E-state index contributed by atoms with van der Waals surface area (Å²) >= 11 is 0. The minimum atomic E-state index is -1.18. The summed E-state index contributed by atoms with van der Waals surface area (Å²) in [6, 6.07) is 13.7. The lowest BCUT2D eigenvalue weighted by Crippen LogP contribution is -2.53. The van der Waals surface area contributed by atoms with Gasteiger partial charge in [0.15, 0.2) is 0 Å². The number of benzene rings is 1. The molecule has 2 aromatic heterocycles. The quantitative estimate of drug-likeness (QED) is 0.600. The smallest absolute Gasteiger partial charge is 0.242 e. The summed E-state index contributed by atoms with van der Waals surface area (Å²) in [5.41, 5.74) is 7.28. The van der Waals surface area contributed by atoms with Gasteiger partial charge in [-0.2, -0.15) is 0 Å². The van der Waals surface area contributed by atoms with Crippen LogP contribution < -0.4 is 11.1 Å². The number of hydrogen-bond donors (Lipinski definition) is 2. The maximum atomic E-state index is 13.9. The largest absolute Gasteiger partial charge is 0.368 e. The van der Waals surface area contributed by atoms with Crippen molar-refractivity contribution in [3.63, 3.8) is 0 Å². The van der Waals surface area contributed by atoms with Crippen molar-refractivity contribution in [1.29, 1.82) is 0 Å². The number of rotatable bonds is 9. The van der Waals surface area contributed by atoms with Gasteiger partial charge < -0.3 is 5.73 Å². The first kappa shape index (κ1) is 19.6. The molecule has 0 bridgehead atoms. The van der Waals surface area contributed by atoms with Crippen molar-refractivity contribution in [1.82, 2.24) is 15.3 Å². The van der Waals surface area contributed by atoms with Crippen LogP contribution in [0.5, 0.6) is 0 Å². The molecule has 1 amide bonds. The van der Waals surface area contributed by atoms with Gasteiger partial charge in [0.25, 0.3) is 0 Å². The van der Waals surface area contributed by atoms with Crippen LogP contribution in [-0.2, 0) is 23.2 Å². The highest BCUT2D eigenvalue weighted by molar-refractivity contribution is 5.86. The van der Waals surface area contributed by atoms with Gasteiger partial charge in [-0.1, -0.05) is 18.2 Å². The van der Waals surface area contributed by atoms with Crippen LogP contribution in [0.4, 0.5) is 4.39 Å². The highest BCUT2D eigenvalue weighted by atomic mass is 19.1. The van der Waals surface area contributed by atoms with E-state index in [1.165, 1.54) is 12.1 Å². The highest BCUT2D eigenvalue weighted by Gasteiger charge is 2.38. The fourth-order valence-corrected chi connectivity index (χ4v) is 3.29. The highest BCUT2D eigenvalue weighted by Crippen LogP contribution is 2.28. The van der Waals surface area contributed by atoms with Crippen molar-refractivity contribution in [3.8, 4) is 0 Å². The number of nitrogens with two attached hydrogens (primary N) is 1. The van der Waals surface area contributed by atoms with E-state index in [0.717, 1.165) is 11.1 Å². The molecule has 0 aliphatic carbocycles. The molecule has 3 N–H and O–H groups in total. The zero-order chi connectivity index (χ0) is 19.8. The summed E-state index contributed by atoms with van der Waals surface area (Å²) in [7, 11) is 0. The number of aromatic nitrogens is 2. The van der Waals surface area contributed by atoms with E-state index in [1.807, 2.05) is 24.3 Å². The van der Waals surface area contributed by atoms with Crippen LogP contribution in [0.1, 0.15) is 23.1 Å². The Balaban J connectivity index is 1.85. The number of amides is 1. The lowest BCUT2D eigenvalue weighted by molar-refractivity contribution is -0.125. The minimum Gasteiger partial charge on any atom is -0.368 e. The fraction of sp³-hybridized carbons (Fsp3) is 0.227. The van der Waals surface area contributed by atoms with Crippen molar-refractivity contribution in [2.75, 3.05) is 6.54 Å². The van der Waals surface area contributed by atoms with E-state index >= 15 is 0 Å². The third-order valence-corrected chi connectivity index (χ3v) is 4.84. The number of aryl methyl sites for hydroxylation is 1. The second-order valence-corrected chi connectivity index (χ2v) is 6.67. The molecule has 0 fully saturated rings. The molecule has 0 saturated heterocycles. The van der Waals surface area contributed by atoms with E-state index in [4.69, 9.17) is 5.73 Å². The third-order valence-electron chi connectivity index (χ3n) is 4.84. The van der Waals surface area contributed by atoms with Crippen molar-refractivity contribution < 1.29 is 9.18 Å². The van der Waals surface area contributed by atoms with E-state index in [2.05, 4.69) is 15.3 Å². The fourth-order valence-electron chi connectivity index (χ4n) is 3.29. The first-order chi connectivity index (χ1) is 13.6. The summed E-state index contributed by atoms with van der Waals surface area (Å²) in [4.78, 5) is 20.7. The van der Waals surface area contributed by atoms with E-state index in [9.17, 15) is 9.18 Å². The van der Waals surface area contributed by atoms with Gasteiger partial charge in [-0.25, -0.2) is 4.39 Å². The van der Waals surface area contributed by atoms with Crippen LogP contribution in [0.15, 0.2) is 73.3 Å². The Morgan fingerprint density at radius 2 is 1.82 bits per heavy atom. The van der Waals surface area contributed by atoms with Crippen LogP contribution in [0.25, 0.3) is 0 Å². The number of hydrogen-bond acceptors (Lipinski definition) is 4. The summed E-state index contributed by atoms with van der Waals surface area (Å²) in [6.45, 7) is 0.510. The molecular formula is C22H23FN4O. The second kappa shape index (κ2) is 9.19. The van der Waals surface area contributed by atoms with Gasteiger partial charge in [-0.05, 0) is 66.3 Å². The predicted octanol–water partition coefficient (Wildman–Crippen LogP) is 2.76. The van der Waals surface area contributed by atoms with Gasteiger partial charge in [0.2, 0.25) is 5.91 Å². The molecule has 0 saturated carbocycles. The number of halogens is 1. The monoisotopic (exact) mass is 378 g/mol. The predicted molar refractivity (Wildman–Crippen MR) is 106 cm³/mol. The first-order valence-electron chi connectivity index (χ1n) is 9.19. The Labute approximate surface area is 163 Å². The summed E-state index contributed by atoms with van der Waals surface area (Å²) in [5.74, 6) is -0.933. The third kappa shape index (κ3) is 4.78. The van der Waals surface area contributed by atoms with Crippen molar-refractivity contribution >= 4 is 5.91 Å². The van der Waals surface area contributed by atoms with E-state index in [0.29, 0.717) is 31.4 Å². The molecule has 3 aromatic rings. The van der Waals surface area contributed by atoms with Gasteiger partial charge in [-0.15, -0.1) is 0 Å². The summed E-state index contributed by atoms with van der Waals surface area (Å²) < 4.78 is 13.9. The number of nitrogens with one attached hydrogen (secondary N) is 1.